The lowest BCUT2D eigenvalue weighted by molar-refractivity contribution is 0.553. The van der Waals surface area contributed by atoms with Crippen LogP contribution in [0.2, 0.25) is 0 Å². The topological polar surface area (TPSA) is 88.7 Å². The van der Waals surface area contributed by atoms with Crippen LogP contribution in [0.15, 0.2) is 16.7 Å². The second kappa shape index (κ2) is 7.54. The fraction of sp³-hybridized carbons (Fsp3) is 0.571. The number of hydrogen-bond acceptors (Lipinski definition) is 5. The minimum atomic E-state index is -1.10. The van der Waals surface area contributed by atoms with Crippen molar-refractivity contribution in [3.63, 3.8) is 0 Å². The molecule has 0 aliphatic heterocycles. The summed E-state index contributed by atoms with van der Waals surface area (Å²) in [5.74, 6) is -0.474. The number of aromatic nitrogens is 1. The number of unbranched alkanes of at least 4 members (excludes halogenated alkanes) is 1. The van der Waals surface area contributed by atoms with Crippen LogP contribution in [-0.2, 0) is 4.87 Å². The summed E-state index contributed by atoms with van der Waals surface area (Å²) in [4.78, 5) is 3.03. The van der Waals surface area contributed by atoms with Gasteiger partial charge >= 0.3 is 0 Å². The van der Waals surface area contributed by atoms with Crippen molar-refractivity contribution >= 4 is 27.7 Å². The molecule has 116 valence electrons. The van der Waals surface area contributed by atoms with Crippen molar-refractivity contribution in [2.24, 2.45) is 11.5 Å². The zero-order valence-electron chi connectivity index (χ0n) is 12.2. The lowest BCUT2D eigenvalue weighted by atomic mass is 10.1. The fourth-order valence-corrected chi connectivity index (χ4v) is 3.80. The number of rotatable bonds is 7. The first-order valence-electron chi connectivity index (χ1n) is 6.67. The average molecular weight is 375 g/mol. The van der Waals surface area contributed by atoms with Gasteiger partial charge in [-0.2, -0.15) is 5.26 Å². The summed E-state index contributed by atoms with van der Waals surface area (Å²) in [6.45, 7) is 4.08. The van der Waals surface area contributed by atoms with Crippen LogP contribution in [0.1, 0.15) is 38.8 Å². The van der Waals surface area contributed by atoms with Crippen LogP contribution in [0, 0.1) is 17.1 Å². The van der Waals surface area contributed by atoms with Gasteiger partial charge in [0.1, 0.15) is 25.7 Å². The number of nitriles is 1. The predicted octanol–water partition coefficient (Wildman–Crippen LogP) is 3.26. The fourth-order valence-electron chi connectivity index (χ4n) is 2.02. The van der Waals surface area contributed by atoms with Crippen molar-refractivity contribution in [1.82, 2.24) is 4.98 Å². The van der Waals surface area contributed by atoms with Gasteiger partial charge in [-0.05, 0) is 67.7 Å². The van der Waals surface area contributed by atoms with E-state index in [4.69, 9.17) is 11.5 Å². The third-order valence-electron chi connectivity index (χ3n) is 3.06. The van der Waals surface area contributed by atoms with Crippen molar-refractivity contribution < 1.29 is 4.39 Å². The summed E-state index contributed by atoms with van der Waals surface area (Å²) in [5, 5.41) is 9.44. The van der Waals surface area contributed by atoms with E-state index in [0.717, 1.165) is 12.8 Å². The second-order valence-electron chi connectivity index (χ2n) is 5.26. The maximum atomic E-state index is 14.0. The van der Waals surface area contributed by atoms with Crippen molar-refractivity contribution in [2.45, 2.75) is 42.7 Å². The van der Waals surface area contributed by atoms with E-state index in [-0.39, 0.29) is 5.69 Å². The van der Waals surface area contributed by atoms with Gasteiger partial charge in [0.2, 0.25) is 0 Å². The summed E-state index contributed by atoms with van der Waals surface area (Å²) in [6.07, 6.45) is 2.33. The number of halogens is 2. The molecule has 0 spiro atoms. The Labute approximate surface area is 137 Å². The van der Waals surface area contributed by atoms with E-state index in [9.17, 15) is 9.65 Å². The van der Waals surface area contributed by atoms with Crippen molar-refractivity contribution in [2.75, 3.05) is 6.54 Å². The monoisotopic (exact) mass is 374 g/mol. The number of hydrogen-bond donors (Lipinski definition) is 2. The van der Waals surface area contributed by atoms with Gasteiger partial charge < -0.3 is 11.5 Å². The largest absolute Gasteiger partial charge is 0.330 e. The molecule has 0 aliphatic rings. The van der Waals surface area contributed by atoms with E-state index in [1.165, 1.54) is 23.9 Å². The molecule has 2 unspecified atom stereocenters. The standard InChI is InChI=1S/C14H20BrFN4S/c1-13(9-18,7-3-4-8-17)21-14(2,19)12-10(16)5-6-11(15)20-12/h5-6H,3-4,7-8,17,19H2,1-2H3. The minimum absolute atomic E-state index is 0.141. The molecule has 1 heterocycles. The summed E-state index contributed by atoms with van der Waals surface area (Å²) >= 11 is 4.44. The lowest BCUT2D eigenvalue weighted by Gasteiger charge is -2.32. The van der Waals surface area contributed by atoms with Gasteiger partial charge in [0, 0.05) is 0 Å². The third-order valence-corrected chi connectivity index (χ3v) is 4.87. The molecule has 0 radical (unpaired) electrons. The molecule has 1 aromatic heterocycles. The van der Waals surface area contributed by atoms with E-state index in [1.54, 1.807) is 6.92 Å². The molecule has 0 aromatic carbocycles. The Balaban J connectivity index is 2.96. The molecule has 0 amide bonds. The Bertz CT molecular complexity index is 532. The quantitative estimate of drug-likeness (QED) is 0.434. The summed E-state index contributed by atoms with van der Waals surface area (Å²) < 4.78 is 13.8. The molecule has 0 fully saturated rings. The zero-order chi connectivity index (χ0) is 16.1. The van der Waals surface area contributed by atoms with Crippen LogP contribution in [0.5, 0.6) is 0 Å². The molecule has 4 nitrogen and oxygen atoms in total. The molecule has 0 aliphatic carbocycles. The van der Waals surface area contributed by atoms with Gasteiger partial charge in [-0.25, -0.2) is 9.37 Å². The smallest absolute Gasteiger partial charge is 0.147 e. The van der Waals surface area contributed by atoms with Crippen molar-refractivity contribution in [3.8, 4) is 6.07 Å². The van der Waals surface area contributed by atoms with Gasteiger partial charge in [-0.1, -0.05) is 0 Å². The third kappa shape index (κ3) is 5.22. The lowest BCUT2D eigenvalue weighted by Crippen LogP contribution is -2.37. The Morgan fingerprint density at radius 3 is 2.67 bits per heavy atom. The molecule has 1 aromatic rings. The Kier molecular flexibility index (Phi) is 6.60. The van der Waals surface area contributed by atoms with Crippen molar-refractivity contribution in [3.05, 3.63) is 28.2 Å². The first-order chi connectivity index (χ1) is 9.74. The molecule has 0 bridgehead atoms. The normalized spacial score (nSPS) is 16.8. The maximum Gasteiger partial charge on any atom is 0.147 e. The second-order valence-corrected chi connectivity index (χ2v) is 8.03. The highest BCUT2D eigenvalue weighted by atomic mass is 79.9. The van der Waals surface area contributed by atoms with Crippen LogP contribution in [0.3, 0.4) is 0 Å². The summed E-state index contributed by atoms with van der Waals surface area (Å²) in [6, 6.07) is 5.11. The maximum absolute atomic E-state index is 14.0. The molecule has 1 rings (SSSR count). The molecule has 2 atom stereocenters. The minimum Gasteiger partial charge on any atom is -0.330 e. The number of nitrogens with two attached hydrogens (primary N) is 2. The first kappa shape index (κ1) is 18.4. The van der Waals surface area contributed by atoms with E-state index >= 15 is 0 Å². The Hall–Kier alpha value is -0.680. The van der Waals surface area contributed by atoms with E-state index in [0.29, 0.717) is 17.6 Å². The molecule has 4 N–H and O–H groups in total. The van der Waals surface area contributed by atoms with Crippen LogP contribution in [0.25, 0.3) is 0 Å². The predicted molar refractivity (Wildman–Crippen MR) is 87.9 cm³/mol. The van der Waals surface area contributed by atoms with Crippen LogP contribution < -0.4 is 11.5 Å². The highest BCUT2D eigenvalue weighted by Crippen LogP contribution is 2.42. The summed E-state index contributed by atoms with van der Waals surface area (Å²) in [7, 11) is 0. The average Bonchev–Trinajstić information content (AvgIpc) is 2.41. The van der Waals surface area contributed by atoms with Gasteiger partial charge in [-0.3, -0.25) is 0 Å². The SMILES string of the molecule is CC(C#N)(CCCCN)SC(C)(N)c1nc(Br)ccc1F. The van der Waals surface area contributed by atoms with E-state index in [2.05, 4.69) is 27.0 Å². The van der Waals surface area contributed by atoms with Gasteiger partial charge in [-0.15, -0.1) is 11.8 Å². The molecular weight excluding hydrogens is 355 g/mol. The Morgan fingerprint density at radius 1 is 1.43 bits per heavy atom. The van der Waals surface area contributed by atoms with E-state index < -0.39 is 15.4 Å². The van der Waals surface area contributed by atoms with Crippen LogP contribution >= 0.6 is 27.7 Å². The van der Waals surface area contributed by atoms with Gasteiger partial charge in [0.15, 0.2) is 0 Å². The number of thioether (sulfide) groups is 1. The molecule has 0 saturated heterocycles. The molecular formula is C14H20BrFN4S. The highest BCUT2D eigenvalue weighted by Gasteiger charge is 2.37. The van der Waals surface area contributed by atoms with E-state index in [1.807, 2.05) is 6.92 Å². The van der Waals surface area contributed by atoms with Crippen molar-refractivity contribution in [1.29, 1.82) is 5.26 Å². The zero-order valence-corrected chi connectivity index (χ0v) is 14.6. The van der Waals surface area contributed by atoms with Crippen LogP contribution in [-0.4, -0.2) is 16.3 Å². The Morgan fingerprint density at radius 2 is 2.10 bits per heavy atom. The number of pyridine rings is 1. The summed E-state index contributed by atoms with van der Waals surface area (Å²) in [5.41, 5.74) is 11.9. The van der Waals surface area contributed by atoms with Gasteiger partial charge in [0.25, 0.3) is 0 Å². The number of nitrogens with zero attached hydrogens (tertiary/aromatic N) is 2. The molecule has 7 heteroatoms. The molecule has 0 saturated carbocycles. The molecule has 21 heavy (non-hydrogen) atoms. The highest BCUT2D eigenvalue weighted by molar-refractivity contribution is 9.10. The first-order valence-corrected chi connectivity index (χ1v) is 8.28. The van der Waals surface area contributed by atoms with Gasteiger partial charge in [0.05, 0.1) is 6.07 Å². The van der Waals surface area contributed by atoms with Crippen LogP contribution in [0.4, 0.5) is 4.39 Å².